The number of methoxy groups -OCH3 is 1. The van der Waals surface area contributed by atoms with Gasteiger partial charge in [-0.2, -0.15) is 4.31 Å². The molecule has 0 saturated carbocycles. The van der Waals surface area contributed by atoms with Crippen LogP contribution < -0.4 is 10.6 Å². The Balaban J connectivity index is 1.74. The summed E-state index contributed by atoms with van der Waals surface area (Å²) in [5.74, 6) is -0.708. The lowest BCUT2D eigenvalue weighted by Gasteiger charge is -2.17. The van der Waals surface area contributed by atoms with E-state index in [2.05, 4.69) is 10.6 Å². The Kier molecular flexibility index (Phi) is 8.41. The Hall–Kier alpha value is -2.27. The number of nitrogens with one attached hydrogen (secondary N) is 2. The standard InChI is InChI=1S/C22H29N3O5S2/c1-25(32(28,29)16-9-4-3-5-10-16)15-19(26)24-22-20(21(27)23-13-8-14-30-2)17-11-6-7-12-18(17)31-22/h3-5,9-10H,6-8,11-15H2,1-2H3,(H,23,27)(H,24,26). The maximum atomic E-state index is 12.9. The molecule has 10 heteroatoms. The van der Waals surface area contributed by atoms with Gasteiger partial charge in [-0.05, 0) is 49.8 Å². The largest absolute Gasteiger partial charge is 0.385 e. The van der Waals surface area contributed by atoms with E-state index in [-0.39, 0.29) is 17.3 Å². The number of ether oxygens (including phenoxy) is 1. The van der Waals surface area contributed by atoms with Crippen LogP contribution in [-0.4, -0.2) is 58.4 Å². The third-order valence-corrected chi connectivity index (χ3v) is 8.30. The molecule has 1 aromatic carbocycles. The summed E-state index contributed by atoms with van der Waals surface area (Å²) in [6.45, 7) is 0.672. The van der Waals surface area contributed by atoms with Crippen LogP contribution in [0.25, 0.3) is 0 Å². The molecule has 8 nitrogen and oxygen atoms in total. The van der Waals surface area contributed by atoms with Gasteiger partial charge in [0.05, 0.1) is 17.0 Å². The van der Waals surface area contributed by atoms with Gasteiger partial charge in [0.25, 0.3) is 5.91 Å². The minimum atomic E-state index is -3.79. The van der Waals surface area contributed by atoms with Gasteiger partial charge in [-0.1, -0.05) is 18.2 Å². The molecule has 0 spiro atoms. The first-order chi connectivity index (χ1) is 15.3. The van der Waals surface area contributed by atoms with E-state index in [1.165, 1.54) is 30.5 Å². The van der Waals surface area contributed by atoms with Crippen LogP contribution in [0, 0.1) is 0 Å². The highest BCUT2D eigenvalue weighted by atomic mass is 32.2. The second-order valence-corrected chi connectivity index (χ2v) is 10.8. The molecule has 0 fully saturated rings. The van der Waals surface area contributed by atoms with Crippen LogP contribution in [0.1, 0.15) is 40.1 Å². The highest BCUT2D eigenvalue weighted by molar-refractivity contribution is 7.89. The molecular weight excluding hydrogens is 450 g/mol. The molecule has 0 radical (unpaired) electrons. The number of amides is 2. The lowest BCUT2D eigenvalue weighted by atomic mass is 9.95. The molecule has 32 heavy (non-hydrogen) atoms. The first-order valence-electron chi connectivity index (χ1n) is 10.6. The van der Waals surface area contributed by atoms with Crippen LogP contribution in [-0.2, 0) is 32.4 Å². The molecule has 0 atom stereocenters. The SMILES string of the molecule is COCCCNC(=O)c1c(NC(=O)CN(C)S(=O)(=O)c2ccccc2)sc2c1CCCC2. The van der Waals surface area contributed by atoms with Crippen molar-refractivity contribution in [2.75, 3.05) is 39.2 Å². The van der Waals surface area contributed by atoms with Crippen molar-refractivity contribution in [3.8, 4) is 0 Å². The Morgan fingerprint density at radius 2 is 1.88 bits per heavy atom. The van der Waals surface area contributed by atoms with Crippen molar-refractivity contribution in [2.45, 2.75) is 37.0 Å². The Morgan fingerprint density at radius 1 is 1.16 bits per heavy atom. The van der Waals surface area contributed by atoms with Gasteiger partial charge in [0.2, 0.25) is 15.9 Å². The fourth-order valence-electron chi connectivity index (χ4n) is 3.63. The molecule has 174 valence electrons. The molecule has 1 aliphatic carbocycles. The summed E-state index contributed by atoms with van der Waals surface area (Å²) in [5, 5.41) is 6.18. The second-order valence-electron chi connectivity index (χ2n) is 7.64. The summed E-state index contributed by atoms with van der Waals surface area (Å²) in [6.07, 6.45) is 4.41. The number of sulfonamides is 1. The number of likely N-dealkylation sites (N-methyl/N-ethyl adjacent to an activating group) is 1. The minimum Gasteiger partial charge on any atom is -0.385 e. The third-order valence-electron chi connectivity index (χ3n) is 5.28. The number of carbonyl (C=O) groups excluding carboxylic acids is 2. The predicted octanol–water partition coefficient (Wildman–Crippen LogP) is 2.65. The fraction of sp³-hybridized carbons (Fsp3) is 0.455. The van der Waals surface area contributed by atoms with E-state index >= 15 is 0 Å². The van der Waals surface area contributed by atoms with Crippen molar-refractivity contribution < 1.29 is 22.7 Å². The van der Waals surface area contributed by atoms with E-state index in [1.807, 2.05) is 0 Å². The van der Waals surface area contributed by atoms with Gasteiger partial charge in [0.1, 0.15) is 5.00 Å². The van der Waals surface area contributed by atoms with Gasteiger partial charge in [-0.25, -0.2) is 8.42 Å². The number of fused-ring (bicyclic) bond motifs is 1. The number of thiophene rings is 1. The smallest absolute Gasteiger partial charge is 0.254 e. The molecule has 0 bridgehead atoms. The van der Waals surface area contributed by atoms with Gasteiger partial charge in [0.15, 0.2) is 0 Å². The van der Waals surface area contributed by atoms with E-state index in [0.717, 1.165) is 40.4 Å². The number of nitrogens with zero attached hydrogens (tertiary/aromatic N) is 1. The number of anilines is 1. The number of rotatable bonds is 10. The van der Waals surface area contributed by atoms with Gasteiger partial charge >= 0.3 is 0 Å². The number of carbonyl (C=O) groups is 2. The molecule has 1 heterocycles. The van der Waals surface area contributed by atoms with E-state index < -0.39 is 15.9 Å². The van der Waals surface area contributed by atoms with Crippen molar-refractivity contribution in [3.63, 3.8) is 0 Å². The third kappa shape index (κ3) is 5.74. The predicted molar refractivity (Wildman–Crippen MR) is 125 cm³/mol. The second kappa shape index (κ2) is 11.0. The molecular formula is C22H29N3O5S2. The molecule has 1 aliphatic rings. The van der Waals surface area contributed by atoms with E-state index in [0.29, 0.717) is 30.1 Å². The molecule has 1 aromatic heterocycles. The summed E-state index contributed by atoms with van der Waals surface area (Å²) < 4.78 is 31.4. The van der Waals surface area contributed by atoms with Gasteiger partial charge in [-0.15, -0.1) is 11.3 Å². The molecule has 0 aliphatic heterocycles. The lowest BCUT2D eigenvalue weighted by Crippen LogP contribution is -2.35. The van der Waals surface area contributed by atoms with Crippen LogP contribution in [0.2, 0.25) is 0 Å². The van der Waals surface area contributed by atoms with Crippen LogP contribution in [0.4, 0.5) is 5.00 Å². The van der Waals surface area contributed by atoms with Crippen molar-refractivity contribution in [3.05, 3.63) is 46.3 Å². The quantitative estimate of drug-likeness (QED) is 0.510. The van der Waals surface area contributed by atoms with Crippen LogP contribution in [0.3, 0.4) is 0 Å². The average Bonchev–Trinajstić information content (AvgIpc) is 3.14. The van der Waals surface area contributed by atoms with Crippen molar-refractivity contribution >= 4 is 38.2 Å². The first-order valence-corrected chi connectivity index (χ1v) is 12.8. The molecule has 0 unspecified atom stereocenters. The number of hydrogen-bond donors (Lipinski definition) is 2. The summed E-state index contributed by atoms with van der Waals surface area (Å²) >= 11 is 1.41. The first kappa shape index (κ1) is 24.4. The zero-order valence-electron chi connectivity index (χ0n) is 18.3. The topological polar surface area (TPSA) is 105 Å². The molecule has 2 amide bonds. The summed E-state index contributed by atoms with van der Waals surface area (Å²) in [4.78, 5) is 26.9. The lowest BCUT2D eigenvalue weighted by molar-refractivity contribution is -0.116. The van der Waals surface area contributed by atoms with Crippen molar-refractivity contribution in [1.29, 1.82) is 0 Å². The van der Waals surface area contributed by atoms with Crippen molar-refractivity contribution in [2.24, 2.45) is 0 Å². The van der Waals surface area contributed by atoms with Crippen LogP contribution >= 0.6 is 11.3 Å². The van der Waals surface area contributed by atoms with E-state index in [4.69, 9.17) is 4.74 Å². The maximum Gasteiger partial charge on any atom is 0.254 e. The fourth-order valence-corrected chi connectivity index (χ4v) is 6.08. The Bertz CT molecular complexity index is 1050. The van der Waals surface area contributed by atoms with E-state index in [1.54, 1.807) is 25.3 Å². The molecule has 2 N–H and O–H groups in total. The average molecular weight is 480 g/mol. The van der Waals surface area contributed by atoms with Crippen LogP contribution in [0.5, 0.6) is 0 Å². The zero-order valence-corrected chi connectivity index (χ0v) is 20.0. The summed E-state index contributed by atoms with van der Waals surface area (Å²) in [7, 11) is -0.811. The highest BCUT2D eigenvalue weighted by Crippen LogP contribution is 2.38. The number of benzene rings is 1. The summed E-state index contributed by atoms with van der Waals surface area (Å²) in [5.41, 5.74) is 1.50. The van der Waals surface area contributed by atoms with Gasteiger partial charge in [-0.3, -0.25) is 9.59 Å². The van der Waals surface area contributed by atoms with Gasteiger partial charge < -0.3 is 15.4 Å². The van der Waals surface area contributed by atoms with Crippen LogP contribution in [0.15, 0.2) is 35.2 Å². The monoisotopic (exact) mass is 479 g/mol. The van der Waals surface area contributed by atoms with Crippen molar-refractivity contribution in [1.82, 2.24) is 9.62 Å². The zero-order chi connectivity index (χ0) is 23.1. The number of aryl methyl sites for hydroxylation is 1. The minimum absolute atomic E-state index is 0.123. The normalized spacial score (nSPS) is 13.6. The molecule has 3 rings (SSSR count). The number of hydrogen-bond acceptors (Lipinski definition) is 6. The summed E-state index contributed by atoms with van der Waals surface area (Å²) in [6, 6.07) is 7.97. The molecule has 0 saturated heterocycles. The van der Waals surface area contributed by atoms with E-state index in [9.17, 15) is 18.0 Å². The maximum absolute atomic E-state index is 12.9. The molecule has 2 aromatic rings. The Labute approximate surface area is 193 Å². The highest BCUT2D eigenvalue weighted by Gasteiger charge is 2.28. The van der Waals surface area contributed by atoms with Gasteiger partial charge in [0, 0.05) is 32.2 Å². The Morgan fingerprint density at radius 3 is 2.59 bits per heavy atom.